The molecule has 0 radical (unpaired) electrons. The molecule has 5 heterocycles. The van der Waals surface area contributed by atoms with Crippen molar-refractivity contribution in [2.24, 2.45) is 0 Å². The molecule has 8 bridgehead atoms. The Hall–Kier alpha value is -3.60. The van der Waals surface area contributed by atoms with Crippen LogP contribution in [0.3, 0.4) is 0 Å². The monoisotopic (exact) mass is 325 g/mol. The quantitative estimate of drug-likeness (QED) is 0.338. The van der Waals surface area contributed by atoms with Gasteiger partial charge in [0.15, 0.2) is 0 Å². The predicted octanol–water partition coefficient (Wildman–Crippen LogP) is 4.18. The Bertz CT molecular complexity index is 1320. The summed E-state index contributed by atoms with van der Waals surface area (Å²) in [6.45, 7) is 0. The van der Waals surface area contributed by atoms with Crippen LogP contribution in [-0.2, 0) is 0 Å². The van der Waals surface area contributed by atoms with E-state index in [0.29, 0.717) is 11.1 Å². The Labute approximate surface area is 142 Å². The molecule has 0 saturated carbocycles. The highest BCUT2D eigenvalue weighted by atomic mass is 14.8. The highest BCUT2D eigenvalue weighted by Crippen LogP contribution is 2.13. The van der Waals surface area contributed by atoms with Crippen molar-refractivity contribution in [1.29, 1.82) is 5.41 Å². The third kappa shape index (κ3) is 2.52. The average molecular weight is 325 g/mol. The van der Waals surface area contributed by atoms with Gasteiger partial charge in [-0.1, -0.05) is 0 Å². The molecule has 120 valence electrons. The summed E-state index contributed by atoms with van der Waals surface area (Å²) in [5.41, 5.74) is 7.23. The van der Waals surface area contributed by atoms with Gasteiger partial charge in [-0.25, -0.2) is 4.98 Å². The zero-order valence-electron chi connectivity index (χ0n) is 13.3. The van der Waals surface area contributed by atoms with Gasteiger partial charge in [-0.15, -0.1) is 0 Å². The highest BCUT2D eigenvalue weighted by molar-refractivity contribution is 5.76. The van der Waals surface area contributed by atoms with Crippen molar-refractivity contribution in [2.75, 3.05) is 0 Å². The average Bonchev–Trinajstić information content (AvgIpc) is 3.36. The molecule has 5 nitrogen and oxygen atoms in total. The summed E-state index contributed by atoms with van der Waals surface area (Å²) in [5, 5.41) is 8.79. The molecule has 4 aromatic heterocycles. The maximum Gasteiger partial charge on any atom is 0.103 e. The first-order chi connectivity index (χ1) is 12.2. The molecule has 5 heteroatoms. The Balaban J connectivity index is 1.92. The first kappa shape index (κ1) is 13.8. The van der Waals surface area contributed by atoms with E-state index in [1.165, 1.54) is 0 Å². The molecule has 1 aliphatic rings. The van der Waals surface area contributed by atoms with Crippen LogP contribution in [0, 0.1) is 5.41 Å². The number of nitrogens with zero attached hydrogens (tertiary/aromatic N) is 1. The molecule has 0 fully saturated rings. The normalized spacial score (nSPS) is 12.0. The molecule has 0 atom stereocenters. The van der Waals surface area contributed by atoms with Crippen molar-refractivity contribution < 1.29 is 0 Å². The number of rotatable bonds is 0. The molecular formula is C20H15N5. The maximum atomic E-state index is 8.40. The lowest BCUT2D eigenvalue weighted by molar-refractivity contribution is 1.20. The van der Waals surface area contributed by atoms with Gasteiger partial charge < -0.3 is 15.0 Å². The zero-order chi connectivity index (χ0) is 16.8. The van der Waals surface area contributed by atoms with Gasteiger partial charge in [-0.2, -0.15) is 0 Å². The first-order valence-electron chi connectivity index (χ1n) is 8.07. The molecule has 1 aliphatic heterocycles. The van der Waals surface area contributed by atoms with Gasteiger partial charge in [0.2, 0.25) is 0 Å². The standard InChI is InChI=1S/C20H15N5/c21-20-18-7-5-16(24-18)10-14-3-1-12(22-14)9-13-2-4-15(23-13)11-17-6-8-19(20)25-17/h1-11,21-24H. The summed E-state index contributed by atoms with van der Waals surface area (Å²) in [6.07, 6.45) is 3.81. The molecule has 25 heavy (non-hydrogen) atoms. The van der Waals surface area contributed by atoms with Crippen molar-refractivity contribution in [2.45, 2.75) is 0 Å². The van der Waals surface area contributed by atoms with E-state index in [1.807, 2.05) is 60.7 Å². The van der Waals surface area contributed by atoms with Crippen LogP contribution in [0.5, 0.6) is 0 Å². The van der Waals surface area contributed by atoms with Gasteiger partial charge in [-0.05, 0) is 66.7 Å². The van der Waals surface area contributed by atoms with Crippen LogP contribution in [-0.4, -0.2) is 19.9 Å². The van der Waals surface area contributed by atoms with Crippen LogP contribution in [0.1, 0.15) is 11.4 Å². The van der Waals surface area contributed by atoms with Crippen LogP contribution < -0.4 is 5.36 Å². The Morgan fingerprint density at radius 2 is 1.20 bits per heavy atom. The minimum absolute atomic E-state index is 0.388. The molecule has 0 aliphatic carbocycles. The van der Waals surface area contributed by atoms with E-state index in [9.17, 15) is 0 Å². The second kappa shape index (κ2) is 5.21. The number of nitrogens with one attached hydrogen (secondary N) is 4. The SMILES string of the molecule is N=c1c2nc(cc3ccc(cc4ccc(cc5ccc1[nH]5)[nH]4)[nH]3)C=C2. The fourth-order valence-corrected chi connectivity index (χ4v) is 3.07. The van der Waals surface area contributed by atoms with Crippen molar-refractivity contribution in [3.05, 3.63) is 71.3 Å². The van der Waals surface area contributed by atoms with Crippen LogP contribution in [0.2, 0.25) is 0 Å². The number of hydrogen-bond donors (Lipinski definition) is 4. The third-order valence-electron chi connectivity index (χ3n) is 4.28. The molecule has 0 unspecified atom stereocenters. The summed E-state index contributed by atoms with van der Waals surface area (Å²) in [7, 11) is 0. The van der Waals surface area contributed by atoms with Gasteiger partial charge in [0, 0.05) is 27.6 Å². The second-order valence-corrected chi connectivity index (χ2v) is 6.13. The van der Waals surface area contributed by atoms with Crippen molar-refractivity contribution >= 4 is 45.3 Å². The van der Waals surface area contributed by atoms with Gasteiger partial charge in [-0.3, -0.25) is 5.41 Å². The van der Waals surface area contributed by atoms with Crippen LogP contribution >= 0.6 is 0 Å². The van der Waals surface area contributed by atoms with E-state index in [1.54, 1.807) is 0 Å². The van der Waals surface area contributed by atoms with E-state index < -0.39 is 0 Å². The molecular weight excluding hydrogens is 310 g/mol. The van der Waals surface area contributed by atoms with Crippen molar-refractivity contribution in [3.8, 4) is 0 Å². The van der Waals surface area contributed by atoms with E-state index in [4.69, 9.17) is 5.41 Å². The number of aromatic amines is 3. The summed E-state index contributed by atoms with van der Waals surface area (Å²) in [6, 6.07) is 18.1. The minimum Gasteiger partial charge on any atom is -0.355 e. The molecule has 0 amide bonds. The lowest BCUT2D eigenvalue weighted by atomic mass is 10.3. The van der Waals surface area contributed by atoms with Gasteiger partial charge >= 0.3 is 0 Å². The van der Waals surface area contributed by atoms with Crippen LogP contribution in [0.15, 0.2) is 54.6 Å². The lowest BCUT2D eigenvalue weighted by Crippen LogP contribution is -2.03. The van der Waals surface area contributed by atoms with E-state index in [-0.39, 0.29) is 0 Å². The van der Waals surface area contributed by atoms with Gasteiger partial charge in [0.05, 0.1) is 16.9 Å². The second-order valence-electron chi connectivity index (χ2n) is 6.13. The predicted molar refractivity (Wildman–Crippen MR) is 101 cm³/mol. The van der Waals surface area contributed by atoms with E-state index >= 15 is 0 Å². The van der Waals surface area contributed by atoms with Gasteiger partial charge in [0.25, 0.3) is 0 Å². The molecule has 4 N–H and O–H groups in total. The Kier molecular flexibility index (Phi) is 2.87. The zero-order valence-corrected chi connectivity index (χ0v) is 13.3. The maximum absolute atomic E-state index is 8.40. The number of hydrogen-bond acceptors (Lipinski definition) is 2. The molecule has 4 aromatic rings. The summed E-state index contributed by atoms with van der Waals surface area (Å²) in [4.78, 5) is 14.6. The fraction of sp³-hybridized carbons (Fsp3) is 0. The van der Waals surface area contributed by atoms with E-state index in [2.05, 4.69) is 26.0 Å². The molecule has 5 rings (SSSR count). The molecule has 0 saturated heterocycles. The Morgan fingerprint density at radius 1 is 0.640 bits per heavy atom. The summed E-state index contributed by atoms with van der Waals surface area (Å²) < 4.78 is 0. The van der Waals surface area contributed by atoms with Crippen molar-refractivity contribution in [1.82, 2.24) is 19.9 Å². The summed E-state index contributed by atoms with van der Waals surface area (Å²) >= 11 is 0. The first-order valence-corrected chi connectivity index (χ1v) is 8.07. The fourth-order valence-electron chi connectivity index (χ4n) is 3.07. The molecule has 0 aromatic carbocycles. The van der Waals surface area contributed by atoms with Crippen LogP contribution in [0.25, 0.3) is 45.3 Å². The number of aromatic nitrogens is 4. The topological polar surface area (TPSA) is 84.1 Å². The van der Waals surface area contributed by atoms with Crippen LogP contribution in [0.4, 0.5) is 0 Å². The smallest absolute Gasteiger partial charge is 0.103 e. The highest BCUT2D eigenvalue weighted by Gasteiger charge is 2.02. The lowest BCUT2D eigenvalue weighted by Gasteiger charge is -1.86. The van der Waals surface area contributed by atoms with Crippen molar-refractivity contribution in [3.63, 3.8) is 0 Å². The molecule has 0 spiro atoms. The van der Waals surface area contributed by atoms with Gasteiger partial charge in [0.1, 0.15) is 5.36 Å². The van der Waals surface area contributed by atoms with E-state index in [0.717, 1.165) is 38.8 Å². The number of fused-ring (bicyclic) bond motifs is 8. The third-order valence-corrected chi connectivity index (χ3v) is 4.28. The number of H-pyrrole nitrogens is 3. The Morgan fingerprint density at radius 3 is 1.88 bits per heavy atom. The largest absolute Gasteiger partial charge is 0.355 e. The summed E-state index contributed by atoms with van der Waals surface area (Å²) in [5.74, 6) is 0. The minimum atomic E-state index is 0.388.